The standard InChI is InChI=1S/C24H30FN3O6S/c1-4-20(24(30)26-2)27(15-17-7-9-18(25)10-8-17)23(29)6-5-13-28(35(3,31)32)19-11-12-21-22(14-19)34-16-33-21/h7-12,14,20H,4-6,13,15-16H2,1-3H3,(H,26,30). The number of amides is 2. The summed E-state index contributed by atoms with van der Waals surface area (Å²) in [4.78, 5) is 27.1. The number of rotatable bonds is 11. The maximum Gasteiger partial charge on any atom is 0.242 e. The van der Waals surface area contributed by atoms with Crippen molar-refractivity contribution in [2.75, 3.05) is 30.9 Å². The molecule has 0 aliphatic carbocycles. The number of sulfonamides is 1. The summed E-state index contributed by atoms with van der Waals surface area (Å²) in [5.41, 5.74) is 1.09. The predicted octanol–water partition coefficient (Wildman–Crippen LogP) is 2.65. The monoisotopic (exact) mass is 507 g/mol. The van der Waals surface area contributed by atoms with Crippen molar-refractivity contribution < 1.29 is 31.9 Å². The first kappa shape index (κ1) is 26.3. The molecule has 0 saturated heterocycles. The number of hydrogen-bond donors (Lipinski definition) is 1. The van der Waals surface area contributed by atoms with Gasteiger partial charge in [0.05, 0.1) is 11.9 Å². The zero-order valence-corrected chi connectivity index (χ0v) is 20.8. The summed E-state index contributed by atoms with van der Waals surface area (Å²) >= 11 is 0. The Morgan fingerprint density at radius 1 is 1.11 bits per heavy atom. The number of carbonyl (C=O) groups is 2. The Bertz CT molecular complexity index is 1160. The number of halogens is 1. The Morgan fingerprint density at radius 2 is 1.80 bits per heavy atom. The van der Waals surface area contributed by atoms with Crippen LogP contribution >= 0.6 is 0 Å². The number of nitrogens with one attached hydrogen (secondary N) is 1. The molecule has 1 aliphatic heterocycles. The van der Waals surface area contributed by atoms with Gasteiger partial charge in [-0.3, -0.25) is 13.9 Å². The van der Waals surface area contributed by atoms with Gasteiger partial charge in [-0.2, -0.15) is 0 Å². The maximum atomic E-state index is 13.3. The Labute approximate surface area is 204 Å². The first-order chi connectivity index (χ1) is 16.6. The molecule has 0 bridgehead atoms. The van der Waals surface area contributed by atoms with E-state index < -0.39 is 21.9 Å². The third-order valence-corrected chi connectivity index (χ3v) is 6.89. The molecule has 1 unspecified atom stereocenters. The van der Waals surface area contributed by atoms with E-state index in [9.17, 15) is 22.4 Å². The van der Waals surface area contributed by atoms with E-state index >= 15 is 0 Å². The molecule has 11 heteroatoms. The van der Waals surface area contributed by atoms with Crippen molar-refractivity contribution in [1.82, 2.24) is 10.2 Å². The molecule has 2 aromatic rings. The van der Waals surface area contributed by atoms with Crippen molar-refractivity contribution in [1.29, 1.82) is 0 Å². The molecule has 1 aliphatic rings. The fourth-order valence-electron chi connectivity index (χ4n) is 3.92. The van der Waals surface area contributed by atoms with E-state index in [1.807, 2.05) is 0 Å². The van der Waals surface area contributed by atoms with Gasteiger partial charge in [0.2, 0.25) is 28.6 Å². The van der Waals surface area contributed by atoms with E-state index in [1.54, 1.807) is 37.3 Å². The highest BCUT2D eigenvalue weighted by Gasteiger charge is 2.28. The first-order valence-corrected chi connectivity index (χ1v) is 13.1. The van der Waals surface area contributed by atoms with Gasteiger partial charge in [-0.1, -0.05) is 19.1 Å². The van der Waals surface area contributed by atoms with Crippen LogP contribution in [-0.2, 0) is 26.2 Å². The largest absolute Gasteiger partial charge is 0.454 e. The smallest absolute Gasteiger partial charge is 0.242 e. The van der Waals surface area contributed by atoms with E-state index in [0.717, 1.165) is 6.26 Å². The van der Waals surface area contributed by atoms with Gasteiger partial charge in [0.1, 0.15) is 11.9 Å². The van der Waals surface area contributed by atoms with Crippen LogP contribution in [0.2, 0.25) is 0 Å². The lowest BCUT2D eigenvalue weighted by Gasteiger charge is -2.30. The molecule has 2 aromatic carbocycles. The average molecular weight is 508 g/mol. The highest BCUT2D eigenvalue weighted by molar-refractivity contribution is 7.92. The number of anilines is 1. The fourth-order valence-corrected chi connectivity index (χ4v) is 4.87. The Morgan fingerprint density at radius 3 is 2.43 bits per heavy atom. The maximum absolute atomic E-state index is 13.3. The number of nitrogens with zero attached hydrogens (tertiary/aromatic N) is 2. The number of ether oxygens (including phenoxy) is 2. The van der Waals surface area contributed by atoms with Gasteiger partial charge in [0.15, 0.2) is 11.5 Å². The van der Waals surface area contributed by atoms with Gasteiger partial charge in [-0.05, 0) is 42.7 Å². The molecule has 1 atom stereocenters. The number of fused-ring (bicyclic) bond motifs is 1. The summed E-state index contributed by atoms with van der Waals surface area (Å²) in [6.07, 6.45) is 1.73. The lowest BCUT2D eigenvalue weighted by molar-refractivity contribution is -0.141. The minimum atomic E-state index is -3.63. The summed E-state index contributed by atoms with van der Waals surface area (Å²) in [5, 5.41) is 2.58. The van der Waals surface area contributed by atoms with E-state index in [1.165, 1.54) is 28.4 Å². The molecule has 2 amide bonds. The van der Waals surface area contributed by atoms with Crippen LogP contribution in [0.4, 0.5) is 10.1 Å². The summed E-state index contributed by atoms with van der Waals surface area (Å²) in [6, 6.07) is 9.87. The minimum Gasteiger partial charge on any atom is -0.454 e. The normalized spacial score (nSPS) is 13.3. The van der Waals surface area contributed by atoms with Crippen molar-refractivity contribution in [2.45, 2.75) is 38.8 Å². The summed E-state index contributed by atoms with van der Waals surface area (Å²) in [6.45, 7) is 2.06. The second kappa shape index (κ2) is 11.4. The molecule has 3 rings (SSSR count). The minimum absolute atomic E-state index is 0.0191. The van der Waals surface area contributed by atoms with Crippen LogP contribution in [0.5, 0.6) is 11.5 Å². The topological polar surface area (TPSA) is 105 Å². The molecule has 0 saturated carbocycles. The van der Waals surface area contributed by atoms with Gasteiger partial charge in [0.25, 0.3) is 0 Å². The summed E-state index contributed by atoms with van der Waals surface area (Å²) < 4.78 is 50.1. The highest BCUT2D eigenvalue weighted by atomic mass is 32.2. The van der Waals surface area contributed by atoms with Gasteiger partial charge < -0.3 is 19.7 Å². The SMILES string of the molecule is CCC(C(=O)NC)N(Cc1ccc(F)cc1)C(=O)CCCN(c1ccc2c(c1)OCO2)S(C)(=O)=O. The number of hydrogen-bond acceptors (Lipinski definition) is 6. The van der Waals surface area contributed by atoms with Gasteiger partial charge in [-0.15, -0.1) is 0 Å². The molecule has 35 heavy (non-hydrogen) atoms. The van der Waals surface area contributed by atoms with Crippen molar-refractivity contribution >= 4 is 27.5 Å². The average Bonchev–Trinajstić information content (AvgIpc) is 3.29. The molecular weight excluding hydrogens is 477 g/mol. The summed E-state index contributed by atoms with van der Waals surface area (Å²) in [7, 11) is -2.13. The quantitative estimate of drug-likeness (QED) is 0.501. The molecule has 0 spiro atoms. The van der Waals surface area contributed by atoms with Crippen LogP contribution in [0.15, 0.2) is 42.5 Å². The predicted molar refractivity (Wildman–Crippen MR) is 129 cm³/mol. The lowest BCUT2D eigenvalue weighted by atomic mass is 10.1. The van der Waals surface area contributed by atoms with Crippen LogP contribution < -0.4 is 19.1 Å². The third-order valence-electron chi connectivity index (χ3n) is 5.69. The second-order valence-corrected chi connectivity index (χ2v) is 10.1. The van der Waals surface area contributed by atoms with Crippen molar-refractivity contribution in [3.8, 4) is 11.5 Å². The summed E-state index contributed by atoms with van der Waals surface area (Å²) in [5.74, 6) is -0.0120. The zero-order valence-electron chi connectivity index (χ0n) is 20.0. The molecule has 1 heterocycles. The van der Waals surface area contributed by atoms with Crippen LogP contribution in [-0.4, -0.2) is 57.8 Å². The molecule has 9 nitrogen and oxygen atoms in total. The Balaban J connectivity index is 1.74. The van der Waals surface area contributed by atoms with E-state index in [0.29, 0.717) is 29.2 Å². The van der Waals surface area contributed by atoms with E-state index in [2.05, 4.69) is 5.32 Å². The first-order valence-electron chi connectivity index (χ1n) is 11.3. The molecule has 0 aromatic heterocycles. The van der Waals surface area contributed by atoms with Crippen LogP contribution in [0.3, 0.4) is 0 Å². The Hall–Kier alpha value is -3.34. The van der Waals surface area contributed by atoms with E-state index in [-0.39, 0.29) is 44.5 Å². The molecule has 190 valence electrons. The zero-order chi connectivity index (χ0) is 25.6. The third kappa shape index (κ3) is 6.62. The lowest BCUT2D eigenvalue weighted by Crippen LogP contribution is -2.48. The second-order valence-electron chi connectivity index (χ2n) is 8.16. The molecule has 0 fully saturated rings. The van der Waals surface area contributed by atoms with Crippen molar-refractivity contribution in [3.63, 3.8) is 0 Å². The molecule has 0 radical (unpaired) electrons. The van der Waals surface area contributed by atoms with Crippen LogP contribution in [0, 0.1) is 5.82 Å². The number of benzene rings is 2. The van der Waals surface area contributed by atoms with Gasteiger partial charge in [-0.25, -0.2) is 12.8 Å². The van der Waals surface area contributed by atoms with Crippen molar-refractivity contribution in [3.05, 3.63) is 53.8 Å². The number of carbonyl (C=O) groups excluding carboxylic acids is 2. The van der Waals surface area contributed by atoms with Gasteiger partial charge in [0, 0.05) is 32.6 Å². The molecule has 1 N–H and O–H groups in total. The van der Waals surface area contributed by atoms with Gasteiger partial charge >= 0.3 is 0 Å². The van der Waals surface area contributed by atoms with Crippen LogP contribution in [0.25, 0.3) is 0 Å². The number of likely N-dealkylation sites (N-methyl/N-ethyl adjacent to an activating group) is 1. The van der Waals surface area contributed by atoms with Crippen molar-refractivity contribution in [2.24, 2.45) is 0 Å². The highest BCUT2D eigenvalue weighted by Crippen LogP contribution is 2.36. The molecular formula is C24H30FN3O6S. The van der Waals surface area contributed by atoms with Crippen LogP contribution in [0.1, 0.15) is 31.7 Å². The Kier molecular flexibility index (Phi) is 8.55. The fraction of sp³-hybridized carbons (Fsp3) is 0.417. The van der Waals surface area contributed by atoms with E-state index in [4.69, 9.17) is 9.47 Å².